The Morgan fingerprint density at radius 3 is 1.50 bits per heavy atom. The van der Waals surface area contributed by atoms with Crippen molar-refractivity contribution in [2.45, 2.75) is 12.8 Å². The third kappa shape index (κ3) is 7.62. The van der Waals surface area contributed by atoms with E-state index < -0.39 is 0 Å². The highest BCUT2D eigenvalue weighted by Gasteiger charge is 2.25. The largest absolute Gasteiger partial charge is 0.455 e. The Kier molecular flexibility index (Phi) is 10.6. The lowest BCUT2D eigenvalue weighted by molar-refractivity contribution is 0.673. The number of allylic oxidation sites excluding steroid dienone is 4. The number of furan rings is 1. The summed E-state index contributed by atoms with van der Waals surface area (Å²) in [6.45, 7) is 0. The van der Waals surface area contributed by atoms with Gasteiger partial charge in [-0.05, 0) is 112 Å². The van der Waals surface area contributed by atoms with Crippen LogP contribution in [0.1, 0.15) is 18.4 Å². The minimum Gasteiger partial charge on any atom is -0.455 e. The highest BCUT2D eigenvalue weighted by atomic mass is 16.3. The number of hydrogen-bond acceptors (Lipinski definition) is 4. The van der Waals surface area contributed by atoms with Crippen molar-refractivity contribution in [3.8, 4) is 84.4 Å². The molecule has 0 spiro atoms. The van der Waals surface area contributed by atoms with Crippen LogP contribution in [0.3, 0.4) is 0 Å². The fourth-order valence-corrected chi connectivity index (χ4v) is 10.9. The average molecular weight is 947 g/mol. The first-order valence-corrected chi connectivity index (χ1v) is 25.3. The summed E-state index contributed by atoms with van der Waals surface area (Å²) in [4.78, 5) is 16.4. The summed E-state index contributed by atoms with van der Waals surface area (Å²) in [5.41, 5.74) is 18.8. The third-order valence-electron chi connectivity index (χ3n) is 14.5. The molecule has 0 aliphatic heterocycles. The van der Waals surface area contributed by atoms with Crippen LogP contribution in [-0.4, -0.2) is 19.5 Å². The summed E-state index contributed by atoms with van der Waals surface area (Å²) in [6.07, 6.45) is 8.60. The van der Waals surface area contributed by atoms with Crippen LogP contribution in [0.4, 0.5) is 0 Å². The SMILES string of the molecule is C1=CCCC(c2cc(-c3ccccc3)cc(-c3nc(-c4ccc(-c5ccccc5)cc4)nc(-c4cc(-c5ccccc5)c(-n5c6ccccc6c6c7oc8ccccc8c7ccc65)c(-c5ccccc5)c4)n3)c2)=C1. The van der Waals surface area contributed by atoms with Gasteiger partial charge in [-0.2, -0.15) is 0 Å². The van der Waals surface area contributed by atoms with Crippen molar-refractivity contribution in [1.82, 2.24) is 19.5 Å². The molecule has 3 heterocycles. The molecule has 0 fully saturated rings. The molecule has 10 aromatic carbocycles. The lowest BCUT2D eigenvalue weighted by Crippen LogP contribution is -2.04. The number of para-hydroxylation sites is 2. The minimum atomic E-state index is 0.579. The van der Waals surface area contributed by atoms with Crippen molar-refractivity contribution in [2.75, 3.05) is 0 Å². The molecule has 13 aromatic rings. The molecule has 0 amide bonds. The number of rotatable bonds is 9. The summed E-state index contributed by atoms with van der Waals surface area (Å²) in [7, 11) is 0. The van der Waals surface area contributed by atoms with Crippen molar-refractivity contribution in [3.05, 3.63) is 260 Å². The number of benzene rings is 10. The summed E-state index contributed by atoms with van der Waals surface area (Å²) in [5.74, 6) is 1.78. The molecular formula is C69H46N4O. The van der Waals surface area contributed by atoms with Crippen LogP contribution in [0.5, 0.6) is 0 Å². The Balaban J connectivity index is 1.05. The van der Waals surface area contributed by atoms with Crippen LogP contribution in [0, 0.1) is 0 Å². The number of aromatic nitrogens is 4. The van der Waals surface area contributed by atoms with Crippen LogP contribution in [-0.2, 0) is 0 Å². The molecule has 0 bridgehead atoms. The predicted octanol–water partition coefficient (Wildman–Crippen LogP) is 18.3. The molecule has 74 heavy (non-hydrogen) atoms. The van der Waals surface area contributed by atoms with Gasteiger partial charge in [0.1, 0.15) is 11.2 Å². The molecule has 3 aromatic heterocycles. The fourth-order valence-electron chi connectivity index (χ4n) is 10.9. The number of nitrogens with zero attached hydrogens (tertiary/aromatic N) is 4. The molecule has 1 aliphatic rings. The van der Waals surface area contributed by atoms with Crippen LogP contribution in [0.2, 0.25) is 0 Å². The topological polar surface area (TPSA) is 56.7 Å². The summed E-state index contributed by atoms with van der Waals surface area (Å²) >= 11 is 0. The molecule has 348 valence electrons. The summed E-state index contributed by atoms with van der Waals surface area (Å²) < 4.78 is 9.23. The maximum absolute atomic E-state index is 6.79. The molecule has 0 atom stereocenters. The van der Waals surface area contributed by atoms with E-state index in [0.29, 0.717) is 17.5 Å². The second kappa shape index (κ2) is 18.2. The number of fused-ring (bicyclic) bond motifs is 7. The first-order valence-electron chi connectivity index (χ1n) is 25.3. The molecule has 5 heteroatoms. The van der Waals surface area contributed by atoms with Crippen LogP contribution < -0.4 is 0 Å². The highest BCUT2D eigenvalue weighted by Crippen LogP contribution is 2.46. The van der Waals surface area contributed by atoms with Crippen molar-refractivity contribution in [1.29, 1.82) is 0 Å². The maximum Gasteiger partial charge on any atom is 0.164 e. The van der Waals surface area contributed by atoms with Gasteiger partial charge in [0.15, 0.2) is 17.5 Å². The Bertz CT molecular complexity index is 4260. The first-order chi connectivity index (χ1) is 36.7. The van der Waals surface area contributed by atoms with E-state index in [9.17, 15) is 0 Å². The van der Waals surface area contributed by atoms with Gasteiger partial charge >= 0.3 is 0 Å². The van der Waals surface area contributed by atoms with Gasteiger partial charge in [-0.1, -0.05) is 200 Å². The van der Waals surface area contributed by atoms with Crippen LogP contribution in [0.15, 0.2) is 259 Å². The standard InChI is InChI=1S/C69H46N4O/c1-6-20-45(21-7-1)48-34-36-51(37-35-48)67-70-68(54-41-52(46-22-8-2-9-23-46)40-53(42-54)47-24-10-3-11-25-47)72-69(71-67)55-43-59(49-26-12-4-13-27-49)65(60(44-55)50-28-14-5-15-29-50)73-61-32-18-16-31-58(61)64-62(73)39-38-57-56-30-17-19-33-63(56)74-66(57)64/h1-10,12-24,26-44H,11,25H2. The van der Waals surface area contributed by atoms with Gasteiger partial charge in [-0.15, -0.1) is 0 Å². The van der Waals surface area contributed by atoms with E-state index in [1.54, 1.807) is 0 Å². The van der Waals surface area contributed by atoms with E-state index in [-0.39, 0.29) is 0 Å². The zero-order valence-electron chi connectivity index (χ0n) is 40.4. The molecule has 5 nitrogen and oxygen atoms in total. The second-order valence-electron chi connectivity index (χ2n) is 19.0. The van der Waals surface area contributed by atoms with Crippen LogP contribution in [0.25, 0.3) is 134 Å². The fraction of sp³-hybridized carbons (Fsp3) is 0.0290. The normalized spacial score (nSPS) is 12.5. The van der Waals surface area contributed by atoms with Gasteiger partial charge < -0.3 is 8.98 Å². The molecule has 0 N–H and O–H groups in total. The van der Waals surface area contributed by atoms with E-state index in [1.807, 2.05) is 12.1 Å². The van der Waals surface area contributed by atoms with Gasteiger partial charge in [0.2, 0.25) is 0 Å². The van der Waals surface area contributed by atoms with Gasteiger partial charge in [0.25, 0.3) is 0 Å². The second-order valence-corrected chi connectivity index (χ2v) is 19.0. The van der Waals surface area contributed by atoms with Gasteiger partial charge in [0, 0.05) is 44.0 Å². The van der Waals surface area contributed by atoms with E-state index in [2.05, 4.69) is 247 Å². The van der Waals surface area contributed by atoms with Gasteiger partial charge in [0.05, 0.1) is 22.1 Å². The zero-order valence-corrected chi connectivity index (χ0v) is 40.4. The molecular weight excluding hydrogens is 901 g/mol. The third-order valence-corrected chi connectivity index (χ3v) is 14.5. The Morgan fingerprint density at radius 2 is 0.865 bits per heavy atom. The van der Waals surface area contributed by atoms with Crippen molar-refractivity contribution in [3.63, 3.8) is 0 Å². The van der Waals surface area contributed by atoms with Crippen molar-refractivity contribution >= 4 is 49.3 Å². The smallest absolute Gasteiger partial charge is 0.164 e. The predicted molar refractivity (Wildman–Crippen MR) is 306 cm³/mol. The molecule has 14 rings (SSSR count). The van der Waals surface area contributed by atoms with E-state index in [0.717, 1.165) is 129 Å². The first kappa shape index (κ1) is 43.1. The van der Waals surface area contributed by atoms with Crippen LogP contribution >= 0.6 is 0 Å². The maximum atomic E-state index is 6.79. The van der Waals surface area contributed by atoms with Gasteiger partial charge in [-0.3, -0.25) is 0 Å². The molecule has 0 saturated heterocycles. The monoisotopic (exact) mass is 946 g/mol. The highest BCUT2D eigenvalue weighted by molar-refractivity contribution is 6.24. The summed E-state index contributed by atoms with van der Waals surface area (Å²) in [6, 6.07) is 84.0. The molecule has 1 aliphatic carbocycles. The van der Waals surface area contributed by atoms with Crippen molar-refractivity contribution < 1.29 is 4.42 Å². The Labute approximate surface area is 428 Å². The van der Waals surface area contributed by atoms with E-state index in [4.69, 9.17) is 19.4 Å². The Hall–Kier alpha value is -9.71. The zero-order chi connectivity index (χ0) is 49.0. The molecule has 0 unspecified atom stereocenters. The van der Waals surface area contributed by atoms with Crippen molar-refractivity contribution in [2.24, 2.45) is 0 Å². The molecule has 0 saturated carbocycles. The van der Waals surface area contributed by atoms with E-state index >= 15 is 0 Å². The lowest BCUT2D eigenvalue weighted by Gasteiger charge is -2.21. The average Bonchev–Trinajstić information content (AvgIpc) is 4.04. The quantitative estimate of drug-likeness (QED) is 0.145. The number of hydrogen-bond donors (Lipinski definition) is 0. The van der Waals surface area contributed by atoms with E-state index in [1.165, 1.54) is 5.57 Å². The molecule has 0 radical (unpaired) electrons. The summed E-state index contributed by atoms with van der Waals surface area (Å²) in [5, 5.41) is 4.41. The Morgan fingerprint density at radius 1 is 0.365 bits per heavy atom. The minimum absolute atomic E-state index is 0.579. The lowest BCUT2D eigenvalue weighted by atomic mass is 9.92. The van der Waals surface area contributed by atoms with Gasteiger partial charge in [-0.25, -0.2) is 15.0 Å².